The number of hydrogen-bond donors (Lipinski definition) is 0. The quantitative estimate of drug-likeness (QED) is 0.646. The van der Waals surface area contributed by atoms with Crippen LogP contribution in [-0.2, 0) is 0 Å². The molecular formula is C9H6Cl2S2. The van der Waals surface area contributed by atoms with Crippen molar-refractivity contribution in [3.8, 4) is 0 Å². The third-order valence-electron chi connectivity index (χ3n) is 1.80. The second-order valence-corrected chi connectivity index (χ2v) is 5.46. The molecule has 0 aliphatic rings. The van der Waals surface area contributed by atoms with Crippen LogP contribution in [-0.4, -0.2) is 6.26 Å². The molecule has 0 fully saturated rings. The molecule has 0 nitrogen and oxygen atoms in total. The molecule has 0 unspecified atom stereocenters. The first kappa shape index (κ1) is 9.66. The van der Waals surface area contributed by atoms with Crippen LogP contribution >= 0.6 is 46.3 Å². The van der Waals surface area contributed by atoms with Crippen LogP contribution in [0.1, 0.15) is 0 Å². The van der Waals surface area contributed by atoms with E-state index < -0.39 is 0 Å². The fourth-order valence-corrected chi connectivity index (χ4v) is 3.06. The molecule has 0 saturated carbocycles. The predicted octanol–water partition coefficient (Wildman–Crippen LogP) is 4.93. The Morgan fingerprint density at radius 2 is 2.08 bits per heavy atom. The van der Waals surface area contributed by atoms with E-state index in [1.807, 2.05) is 6.26 Å². The number of thiophene rings is 1. The Balaban J connectivity index is 2.75. The Kier molecular flexibility index (Phi) is 2.75. The van der Waals surface area contributed by atoms with Gasteiger partial charge in [0, 0.05) is 15.0 Å². The first-order valence-electron chi connectivity index (χ1n) is 3.64. The number of halogens is 2. The molecule has 0 saturated heterocycles. The maximum atomic E-state index is 6.04. The zero-order valence-electron chi connectivity index (χ0n) is 6.80. The maximum absolute atomic E-state index is 6.04. The lowest BCUT2D eigenvalue weighted by molar-refractivity contribution is 1.53. The van der Waals surface area contributed by atoms with Crippen LogP contribution in [0.15, 0.2) is 23.1 Å². The number of rotatable bonds is 1. The second-order valence-electron chi connectivity index (χ2n) is 2.55. The first-order valence-corrected chi connectivity index (χ1v) is 6.43. The summed E-state index contributed by atoms with van der Waals surface area (Å²) in [6.07, 6.45) is 2.04. The Hall–Kier alpha value is 0.110. The highest BCUT2D eigenvalue weighted by Crippen LogP contribution is 2.40. The Morgan fingerprint density at radius 3 is 2.77 bits per heavy atom. The summed E-state index contributed by atoms with van der Waals surface area (Å²) >= 11 is 15.2. The summed E-state index contributed by atoms with van der Waals surface area (Å²) in [5.41, 5.74) is 0. The standard InChI is InChI=1S/C9H6Cl2S2/c1-12-5-2-3-7-6(4-5)8(10)9(11)13-7/h2-4H,1H3. The number of fused-ring (bicyclic) bond motifs is 1. The predicted molar refractivity (Wildman–Crippen MR) is 63.6 cm³/mol. The zero-order chi connectivity index (χ0) is 9.42. The van der Waals surface area contributed by atoms with Crippen molar-refractivity contribution in [2.24, 2.45) is 0 Å². The van der Waals surface area contributed by atoms with Crippen molar-refractivity contribution in [2.75, 3.05) is 6.26 Å². The molecule has 0 aliphatic carbocycles. The summed E-state index contributed by atoms with van der Waals surface area (Å²) in [6, 6.07) is 6.21. The van der Waals surface area contributed by atoms with E-state index in [9.17, 15) is 0 Å². The van der Waals surface area contributed by atoms with E-state index in [0.717, 1.165) is 10.1 Å². The number of hydrogen-bond acceptors (Lipinski definition) is 2. The van der Waals surface area contributed by atoms with Crippen molar-refractivity contribution < 1.29 is 0 Å². The summed E-state index contributed by atoms with van der Waals surface area (Å²) in [5.74, 6) is 0. The summed E-state index contributed by atoms with van der Waals surface area (Å²) in [5, 5.41) is 1.74. The highest BCUT2D eigenvalue weighted by Gasteiger charge is 2.08. The van der Waals surface area contributed by atoms with E-state index in [0.29, 0.717) is 9.36 Å². The molecule has 1 aromatic carbocycles. The lowest BCUT2D eigenvalue weighted by atomic mass is 10.3. The summed E-state index contributed by atoms with van der Waals surface area (Å²) in [7, 11) is 0. The largest absolute Gasteiger partial charge is 0.130 e. The van der Waals surface area contributed by atoms with E-state index in [4.69, 9.17) is 23.2 Å². The van der Waals surface area contributed by atoms with E-state index in [1.54, 1.807) is 11.8 Å². The second kappa shape index (κ2) is 3.70. The molecule has 0 N–H and O–H groups in total. The Bertz CT molecular complexity index is 448. The fraction of sp³-hybridized carbons (Fsp3) is 0.111. The molecule has 68 valence electrons. The van der Waals surface area contributed by atoms with Crippen LogP contribution in [0.5, 0.6) is 0 Å². The molecule has 1 aromatic heterocycles. The topological polar surface area (TPSA) is 0 Å². The lowest BCUT2D eigenvalue weighted by Crippen LogP contribution is -1.68. The van der Waals surface area contributed by atoms with Gasteiger partial charge in [0.05, 0.1) is 5.02 Å². The van der Waals surface area contributed by atoms with Crippen molar-refractivity contribution in [2.45, 2.75) is 4.90 Å². The molecular weight excluding hydrogens is 243 g/mol. The molecule has 0 radical (unpaired) electrons. The summed E-state index contributed by atoms with van der Waals surface area (Å²) in [6.45, 7) is 0. The van der Waals surface area contributed by atoms with E-state index in [1.165, 1.54) is 16.2 Å². The van der Waals surface area contributed by atoms with Gasteiger partial charge in [-0.25, -0.2) is 0 Å². The normalized spacial score (nSPS) is 11.0. The lowest BCUT2D eigenvalue weighted by Gasteiger charge is -1.95. The Morgan fingerprint density at radius 1 is 1.31 bits per heavy atom. The van der Waals surface area contributed by atoms with Gasteiger partial charge >= 0.3 is 0 Å². The minimum Gasteiger partial charge on any atom is -0.130 e. The van der Waals surface area contributed by atoms with E-state index in [2.05, 4.69) is 18.2 Å². The smallest absolute Gasteiger partial charge is 0.113 e. The monoisotopic (exact) mass is 248 g/mol. The molecule has 4 heteroatoms. The zero-order valence-corrected chi connectivity index (χ0v) is 9.95. The molecule has 0 amide bonds. The van der Waals surface area contributed by atoms with Gasteiger partial charge in [0.1, 0.15) is 4.34 Å². The van der Waals surface area contributed by atoms with Gasteiger partial charge in [-0.2, -0.15) is 0 Å². The summed E-state index contributed by atoms with van der Waals surface area (Å²) < 4.78 is 1.82. The fourth-order valence-electron chi connectivity index (χ4n) is 1.14. The molecule has 0 aliphatic heterocycles. The summed E-state index contributed by atoms with van der Waals surface area (Å²) in [4.78, 5) is 1.21. The first-order chi connectivity index (χ1) is 6.22. The van der Waals surface area contributed by atoms with Gasteiger partial charge in [-0.3, -0.25) is 0 Å². The average molecular weight is 249 g/mol. The molecule has 2 aromatic rings. The van der Waals surface area contributed by atoms with Crippen molar-refractivity contribution in [1.82, 2.24) is 0 Å². The van der Waals surface area contributed by atoms with Crippen LogP contribution < -0.4 is 0 Å². The van der Waals surface area contributed by atoms with E-state index in [-0.39, 0.29) is 0 Å². The minimum absolute atomic E-state index is 0.676. The molecule has 2 rings (SSSR count). The number of thioether (sulfide) groups is 1. The van der Waals surface area contributed by atoms with Gasteiger partial charge in [0.15, 0.2) is 0 Å². The van der Waals surface area contributed by atoms with Crippen LogP contribution in [0.25, 0.3) is 10.1 Å². The molecule has 1 heterocycles. The van der Waals surface area contributed by atoms with Crippen molar-refractivity contribution in [3.05, 3.63) is 27.6 Å². The van der Waals surface area contributed by atoms with Gasteiger partial charge in [0.2, 0.25) is 0 Å². The van der Waals surface area contributed by atoms with Gasteiger partial charge < -0.3 is 0 Å². The van der Waals surface area contributed by atoms with Gasteiger partial charge in [-0.15, -0.1) is 23.1 Å². The number of benzene rings is 1. The average Bonchev–Trinajstić information content (AvgIpc) is 2.43. The maximum Gasteiger partial charge on any atom is 0.113 e. The SMILES string of the molecule is CSc1ccc2sc(Cl)c(Cl)c2c1. The minimum atomic E-state index is 0.676. The molecule has 0 bridgehead atoms. The molecule has 13 heavy (non-hydrogen) atoms. The molecule has 0 spiro atoms. The van der Waals surface area contributed by atoms with Gasteiger partial charge in [-0.1, -0.05) is 23.2 Å². The van der Waals surface area contributed by atoms with Crippen molar-refractivity contribution in [3.63, 3.8) is 0 Å². The molecule has 0 atom stereocenters. The highest BCUT2D eigenvalue weighted by molar-refractivity contribution is 7.98. The Labute approximate surface area is 94.8 Å². The van der Waals surface area contributed by atoms with Crippen LogP contribution in [0.4, 0.5) is 0 Å². The van der Waals surface area contributed by atoms with Crippen LogP contribution in [0, 0.1) is 0 Å². The van der Waals surface area contributed by atoms with Gasteiger partial charge in [-0.05, 0) is 24.5 Å². The highest BCUT2D eigenvalue weighted by atomic mass is 35.5. The third kappa shape index (κ3) is 1.68. The van der Waals surface area contributed by atoms with Crippen molar-refractivity contribution in [1.29, 1.82) is 0 Å². The van der Waals surface area contributed by atoms with Crippen molar-refractivity contribution >= 4 is 56.4 Å². The third-order valence-corrected chi connectivity index (χ3v) is 4.50. The van der Waals surface area contributed by atoms with Crippen LogP contribution in [0.3, 0.4) is 0 Å². The van der Waals surface area contributed by atoms with Crippen LogP contribution in [0.2, 0.25) is 9.36 Å². The van der Waals surface area contributed by atoms with E-state index >= 15 is 0 Å². The van der Waals surface area contributed by atoms with Gasteiger partial charge in [0.25, 0.3) is 0 Å².